The molecule has 2 aliphatic rings. The van der Waals surface area contributed by atoms with Gasteiger partial charge in [-0.3, -0.25) is 14.7 Å². The second-order valence-corrected chi connectivity index (χ2v) is 13.1. The number of carbonyl (C=O) groups excluding carboxylic acids is 1. The van der Waals surface area contributed by atoms with Gasteiger partial charge in [-0.1, -0.05) is 6.92 Å². The summed E-state index contributed by atoms with van der Waals surface area (Å²) in [6, 6.07) is 6.32. The van der Waals surface area contributed by atoms with Crippen LogP contribution in [0, 0.1) is 0 Å². The Hall–Kier alpha value is -4.64. The molecule has 3 N–H and O–H groups in total. The molecular weight excluding hydrogens is 712 g/mol. The second-order valence-electron chi connectivity index (χ2n) is 13.1. The molecule has 0 saturated carbocycles. The van der Waals surface area contributed by atoms with Crippen molar-refractivity contribution in [1.82, 2.24) is 9.97 Å². The molecule has 3 aromatic rings. The number of halogens is 6. The van der Waals surface area contributed by atoms with Crippen LogP contribution < -0.4 is 20.3 Å². The van der Waals surface area contributed by atoms with Crippen molar-refractivity contribution in [2.45, 2.75) is 75.8 Å². The lowest BCUT2D eigenvalue weighted by Crippen LogP contribution is -2.61. The molecule has 0 aliphatic carbocycles. The van der Waals surface area contributed by atoms with Gasteiger partial charge in [0.15, 0.2) is 0 Å². The third-order valence-corrected chi connectivity index (χ3v) is 9.45. The van der Waals surface area contributed by atoms with Gasteiger partial charge in [0.05, 0.1) is 67.0 Å². The van der Waals surface area contributed by atoms with E-state index in [4.69, 9.17) is 30.0 Å². The van der Waals surface area contributed by atoms with Crippen molar-refractivity contribution in [1.29, 1.82) is 0 Å². The molecular formula is C36H41F6N5O6. The first-order valence-corrected chi connectivity index (χ1v) is 17.2. The van der Waals surface area contributed by atoms with Gasteiger partial charge in [0.1, 0.15) is 5.66 Å². The Labute approximate surface area is 302 Å². The monoisotopic (exact) mass is 753 g/mol. The number of hydrogen-bond acceptors (Lipinski definition) is 9. The minimum atomic E-state index is -5.04. The zero-order valence-corrected chi connectivity index (χ0v) is 29.2. The van der Waals surface area contributed by atoms with Gasteiger partial charge in [-0.2, -0.15) is 26.3 Å². The molecule has 53 heavy (non-hydrogen) atoms. The molecule has 5 rings (SSSR count). The zero-order chi connectivity index (χ0) is 38.6. The van der Waals surface area contributed by atoms with E-state index in [1.807, 2.05) is 4.90 Å². The summed E-state index contributed by atoms with van der Waals surface area (Å²) in [5.41, 5.74) is 4.33. The van der Waals surface area contributed by atoms with Crippen LogP contribution in [0.3, 0.4) is 0 Å². The molecule has 0 spiro atoms. The molecule has 2 aromatic heterocycles. The van der Waals surface area contributed by atoms with E-state index in [1.165, 1.54) is 18.1 Å². The molecule has 0 unspecified atom stereocenters. The second kappa shape index (κ2) is 16.2. The summed E-state index contributed by atoms with van der Waals surface area (Å²) >= 11 is 0. The number of benzene rings is 1. The Balaban J connectivity index is 1.60. The number of ether oxygens (including phenoxy) is 3. The molecule has 1 aromatic carbocycles. The van der Waals surface area contributed by atoms with E-state index in [-0.39, 0.29) is 55.5 Å². The van der Waals surface area contributed by atoms with E-state index >= 15 is 0 Å². The first kappa shape index (κ1) is 39.6. The van der Waals surface area contributed by atoms with Gasteiger partial charge in [0.2, 0.25) is 5.88 Å². The smallest absolute Gasteiger partial charge is 0.416 e. The van der Waals surface area contributed by atoms with Crippen LogP contribution in [0.4, 0.5) is 42.5 Å². The Kier molecular flexibility index (Phi) is 12.1. The van der Waals surface area contributed by atoms with Crippen molar-refractivity contribution in [2.24, 2.45) is 5.73 Å². The molecule has 4 heterocycles. The van der Waals surface area contributed by atoms with Gasteiger partial charge in [0, 0.05) is 31.5 Å². The summed E-state index contributed by atoms with van der Waals surface area (Å²) in [6.07, 6.45) is -8.02. The number of aliphatic carboxylic acids is 1. The molecule has 1 fully saturated rings. The fraction of sp³-hybridized carbons (Fsp3) is 0.500. The van der Waals surface area contributed by atoms with Gasteiger partial charge < -0.3 is 30.0 Å². The number of methoxy groups -OCH3 is 1. The fourth-order valence-electron chi connectivity index (χ4n) is 6.68. The zero-order valence-electron chi connectivity index (χ0n) is 29.2. The number of carbonyl (C=O) groups is 2. The average molecular weight is 754 g/mol. The van der Waals surface area contributed by atoms with E-state index in [0.29, 0.717) is 80.3 Å². The number of amides is 1. The quantitative estimate of drug-likeness (QED) is 0.145. The van der Waals surface area contributed by atoms with Crippen molar-refractivity contribution in [2.75, 3.05) is 49.8 Å². The van der Waals surface area contributed by atoms with Crippen molar-refractivity contribution < 1.29 is 55.2 Å². The molecule has 288 valence electrons. The summed E-state index contributed by atoms with van der Waals surface area (Å²) in [4.78, 5) is 37.2. The largest absolute Gasteiger partial charge is 0.481 e. The number of aromatic nitrogens is 2. The van der Waals surface area contributed by atoms with E-state index in [1.54, 1.807) is 25.3 Å². The molecule has 2 atom stereocenters. The molecule has 2 aliphatic heterocycles. The summed E-state index contributed by atoms with van der Waals surface area (Å²) in [7, 11) is 1.40. The van der Waals surface area contributed by atoms with Crippen LogP contribution in [0.25, 0.3) is 0 Å². The highest BCUT2D eigenvalue weighted by Crippen LogP contribution is 2.47. The lowest BCUT2D eigenvalue weighted by Gasteiger charge is -2.46. The van der Waals surface area contributed by atoms with Crippen molar-refractivity contribution in [3.8, 4) is 5.88 Å². The molecule has 1 saturated heterocycles. The highest BCUT2D eigenvalue weighted by molar-refractivity contribution is 5.91. The number of alkyl halides is 6. The van der Waals surface area contributed by atoms with Crippen molar-refractivity contribution in [3.05, 3.63) is 76.2 Å². The van der Waals surface area contributed by atoms with Gasteiger partial charge >= 0.3 is 24.4 Å². The summed E-state index contributed by atoms with van der Waals surface area (Å²) in [5.74, 6) is -1.53. The Bertz CT molecular complexity index is 1750. The number of carboxylic acids is 1. The third-order valence-electron chi connectivity index (χ3n) is 9.45. The first-order chi connectivity index (χ1) is 25.0. The topological polar surface area (TPSA) is 140 Å². The van der Waals surface area contributed by atoms with Crippen LogP contribution in [0.15, 0.2) is 42.6 Å². The number of hydrogen-bond donors (Lipinski definition) is 2. The minimum absolute atomic E-state index is 0.00268. The lowest BCUT2D eigenvalue weighted by atomic mass is 9.80. The number of rotatable bonds is 12. The maximum absolute atomic E-state index is 13.9. The number of carboxylic acid groups (broad SMARTS) is 1. The Morgan fingerprint density at radius 2 is 1.68 bits per heavy atom. The number of nitrogens with zero attached hydrogens (tertiary/aromatic N) is 4. The van der Waals surface area contributed by atoms with Gasteiger partial charge in [-0.05, 0) is 80.0 Å². The van der Waals surface area contributed by atoms with Crippen LogP contribution in [-0.4, -0.2) is 72.8 Å². The van der Waals surface area contributed by atoms with Crippen LogP contribution in [0.2, 0.25) is 0 Å². The fourth-order valence-corrected chi connectivity index (χ4v) is 6.68. The highest BCUT2D eigenvalue weighted by Gasteiger charge is 2.47. The molecule has 0 radical (unpaired) electrons. The maximum Gasteiger partial charge on any atom is 0.416 e. The van der Waals surface area contributed by atoms with Gasteiger partial charge in [0.25, 0.3) is 0 Å². The molecule has 11 nitrogen and oxygen atoms in total. The average Bonchev–Trinajstić information content (AvgIpc) is 3.12. The number of unbranched alkanes of at least 4 members (excludes halogenated alkanes) is 2. The predicted molar refractivity (Wildman–Crippen MR) is 181 cm³/mol. The highest BCUT2D eigenvalue weighted by atomic mass is 19.4. The number of anilines is 2. The van der Waals surface area contributed by atoms with E-state index < -0.39 is 47.1 Å². The third kappa shape index (κ3) is 9.30. The van der Waals surface area contributed by atoms with Crippen LogP contribution in [0.5, 0.6) is 5.88 Å². The Morgan fingerprint density at radius 3 is 2.28 bits per heavy atom. The maximum atomic E-state index is 13.9. The van der Waals surface area contributed by atoms with E-state index in [2.05, 4.69) is 4.98 Å². The van der Waals surface area contributed by atoms with Crippen LogP contribution in [0.1, 0.15) is 85.0 Å². The van der Waals surface area contributed by atoms with Crippen molar-refractivity contribution in [3.63, 3.8) is 0 Å². The summed E-state index contributed by atoms with van der Waals surface area (Å²) in [5, 5.41) is 8.88. The number of fused-ring (bicyclic) bond motifs is 1. The number of nitrogens with two attached hydrogens (primary N) is 1. The van der Waals surface area contributed by atoms with Gasteiger partial charge in [-0.15, -0.1) is 0 Å². The SMILES string of the molecule is CC[C@]1(N)C[C@@H](c2ncc(N3CCOCC3)cc2Cc2cc(C(F)(F)F)cc(C(F)(F)F)c2)c2nc(OC)ccc2N1C(=O)OCCCCCC(=O)O. The van der Waals surface area contributed by atoms with Crippen LogP contribution >= 0.6 is 0 Å². The minimum Gasteiger partial charge on any atom is -0.481 e. The Morgan fingerprint density at radius 1 is 1.00 bits per heavy atom. The van der Waals surface area contributed by atoms with Gasteiger partial charge in [-0.25, -0.2) is 9.78 Å². The normalized spacial score (nSPS) is 19.2. The lowest BCUT2D eigenvalue weighted by molar-refractivity contribution is -0.143. The summed E-state index contributed by atoms with van der Waals surface area (Å²) in [6.45, 7) is 3.59. The van der Waals surface area contributed by atoms with E-state index in [0.717, 1.165) is 0 Å². The molecule has 17 heteroatoms. The van der Waals surface area contributed by atoms with Crippen LogP contribution in [-0.2, 0) is 33.0 Å². The number of pyridine rings is 2. The summed E-state index contributed by atoms with van der Waals surface area (Å²) < 4.78 is 99.7. The number of morpholine rings is 1. The van der Waals surface area contributed by atoms with Crippen molar-refractivity contribution >= 4 is 23.4 Å². The first-order valence-electron chi connectivity index (χ1n) is 17.2. The molecule has 0 bridgehead atoms. The predicted octanol–water partition coefficient (Wildman–Crippen LogP) is 7.14. The molecule has 1 amide bonds. The standard InChI is InChI=1S/C36H41F6N5O6/c1-3-34(43)20-27(32-28(8-9-29(45-32)51-2)47(34)33(50)53-12-6-4-5-7-30(48)49)31-23(18-26(21-44-31)46-10-13-52-14-11-46)15-22-16-24(35(37,38)39)19-25(17-22)36(40,41)42/h8-9,16-19,21,27H,3-7,10-15,20,43H2,1-2H3,(H,48,49)/t27-,34+/m0/s1. The van der Waals surface area contributed by atoms with E-state index in [9.17, 15) is 35.9 Å².